The number of benzene rings is 2. The molecule has 0 amide bonds. The summed E-state index contributed by atoms with van der Waals surface area (Å²) in [6.07, 6.45) is 1.06. The van der Waals surface area contributed by atoms with E-state index in [-0.39, 0.29) is 0 Å². The Labute approximate surface area is 120 Å². The number of anilines is 1. The van der Waals surface area contributed by atoms with Crippen LogP contribution in [0.15, 0.2) is 48.5 Å². The Bertz CT molecular complexity index is 583. The minimum absolute atomic E-state index is 0.317. The Morgan fingerprint density at radius 1 is 1.10 bits per heavy atom. The number of ether oxygens (including phenoxy) is 1. The Balaban J connectivity index is 1.90. The van der Waals surface area contributed by atoms with Gasteiger partial charge in [-0.15, -0.1) is 0 Å². The molecule has 3 heteroatoms. The highest BCUT2D eigenvalue weighted by Gasteiger charge is 2.18. The smallest absolute Gasteiger partial charge is 0.141 e. The van der Waals surface area contributed by atoms with E-state index in [0.717, 1.165) is 30.9 Å². The third-order valence-electron chi connectivity index (χ3n) is 3.79. The fraction of sp³-hybridized carbons (Fsp3) is 0.294. The van der Waals surface area contributed by atoms with E-state index in [4.69, 9.17) is 4.74 Å². The van der Waals surface area contributed by atoms with Crippen molar-refractivity contribution in [1.82, 2.24) is 5.32 Å². The fourth-order valence-corrected chi connectivity index (χ4v) is 2.76. The van der Waals surface area contributed by atoms with Crippen LogP contribution in [0.25, 0.3) is 0 Å². The topological polar surface area (TPSA) is 33.3 Å². The largest absolute Gasteiger partial charge is 0.495 e. The summed E-state index contributed by atoms with van der Waals surface area (Å²) in [6.45, 7) is 1.96. The number of methoxy groups -OCH3 is 1. The van der Waals surface area contributed by atoms with Gasteiger partial charge in [-0.1, -0.05) is 36.4 Å². The highest BCUT2D eigenvalue weighted by atomic mass is 16.5. The number of fused-ring (bicyclic) bond motifs is 1. The quantitative estimate of drug-likeness (QED) is 0.895. The highest BCUT2D eigenvalue weighted by Crippen LogP contribution is 2.31. The van der Waals surface area contributed by atoms with Crippen molar-refractivity contribution in [3.63, 3.8) is 0 Å². The molecule has 1 aliphatic heterocycles. The predicted molar refractivity (Wildman–Crippen MR) is 82.1 cm³/mol. The van der Waals surface area contributed by atoms with Crippen LogP contribution in [0.3, 0.4) is 0 Å². The second-order valence-electron chi connectivity index (χ2n) is 5.06. The number of rotatable bonds is 3. The molecule has 1 aliphatic rings. The van der Waals surface area contributed by atoms with Gasteiger partial charge < -0.3 is 15.4 Å². The molecular weight excluding hydrogens is 248 g/mol. The first kappa shape index (κ1) is 13.0. The van der Waals surface area contributed by atoms with E-state index in [2.05, 4.69) is 41.0 Å². The van der Waals surface area contributed by atoms with Crippen molar-refractivity contribution in [2.75, 3.05) is 19.0 Å². The third-order valence-corrected chi connectivity index (χ3v) is 3.79. The Hall–Kier alpha value is -2.00. The molecule has 2 aromatic carbocycles. The summed E-state index contributed by atoms with van der Waals surface area (Å²) in [5.41, 5.74) is 3.80. The van der Waals surface area contributed by atoms with Crippen LogP contribution in [0.4, 0.5) is 5.69 Å². The van der Waals surface area contributed by atoms with Gasteiger partial charge in [-0.05, 0) is 36.2 Å². The maximum absolute atomic E-state index is 5.43. The van der Waals surface area contributed by atoms with Crippen LogP contribution >= 0.6 is 0 Å². The normalized spacial score (nSPS) is 17.9. The van der Waals surface area contributed by atoms with Gasteiger partial charge in [0.05, 0.1) is 18.8 Å². The zero-order valence-electron chi connectivity index (χ0n) is 11.7. The van der Waals surface area contributed by atoms with Gasteiger partial charge in [-0.3, -0.25) is 0 Å². The molecule has 3 nitrogen and oxygen atoms in total. The number of hydrogen-bond donors (Lipinski definition) is 2. The highest BCUT2D eigenvalue weighted by molar-refractivity contribution is 5.57. The summed E-state index contributed by atoms with van der Waals surface area (Å²) in [5.74, 6) is 0.891. The maximum atomic E-state index is 5.43. The Kier molecular flexibility index (Phi) is 3.88. The van der Waals surface area contributed by atoms with Gasteiger partial charge in [0.2, 0.25) is 0 Å². The van der Waals surface area contributed by atoms with Gasteiger partial charge in [-0.2, -0.15) is 0 Å². The zero-order valence-corrected chi connectivity index (χ0v) is 11.7. The first-order valence-corrected chi connectivity index (χ1v) is 7.06. The molecule has 0 fully saturated rings. The van der Waals surface area contributed by atoms with Crippen molar-refractivity contribution in [2.24, 2.45) is 0 Å². The van der Waals surface area contributed by atoms with Crippen molar-refractivity contribution in [3.05, 3.63) is 59.7 Å². The lowest BCUT2D eigenvalue weighted by molar-refractivity contribution is 0.416. The molecule has 1 heterocycles. The van der Waals surface area contributed by atoms with E-state index in [1.807, 2.05) is 18.2 Å². The number of hydrogen-bond acceptors (Lipinski definition) is 3. The standard InChI is InChI=1S/C17H20N2O/c1-20-17-9-5-4-8-16(17)19-15-10-11-18-12-13-6-2-3-7-14(13)15/h2-9,15,18-19H,10-12H2,1H3. The predicted octanol–water partition coefficient (Wildman–Crippen LogP) is 3.34. The van der Waals surface area contributed by atoms with E-state index < -0.39 is 0 Å². The molecule has 1 atom stereocenters. The summed E-state index contributed by atoms with van der Waals surface area (Å²) in [5, 5.41) is 7.11. The molecule has 0 bridgehead atoms. The zero-order chi connectivity index (χ0) is 13.8. The van der Waals surface area contributed by atoms with Crippen LogP contribution in [-0.4, -0.2) is 13.7 Å². The second-order valence-corrected chi connectivity index (χ2v) is 5.06. The van der Waals surface area contributed by atoms with Gasteiger partial charge in [0.15, 0.2) is 0 Å². The Morgan fingerprint density at radius 2 is 1.90 bits per heavy atom. The van der Waals surface area contributed by atoms with Crippen LogP contribution in [0, 0.1) is 0 Å². The van der Waals surface area contributed by atoms with E-state index in [1.54, 1.807) is 7.11 Å². The monoisotopic (exact) mass is 268 g/mol. The molecular formula is C17H20N2O. The molecule has 0 radical (unpaired) electrons. The van der Waals surface area contributed by atoms with Crippen molar-refractivity contribution >= 4 is 5.69 Å². The van der Waals surface area contributed by atoms with E-state index in [9.17, 15) is 0 Å². The lowest BCUT2D eigenvalue weighted by atomic mass is 9.99. The van der Waals surface area contributed by atoms with E-state index >= 15 is 0 Å². The molecule has 3 rings (SSSR count). The fourth-order valence-electron chi connectivity index (χ4n) is 2.76. The van der Waals surface area contributed by atoms with Gasteiger partial charge in [0.1, 0.15) is 5.75 Å². The summed E-state index contributed by atoms with van der Waals surface area (Å²) in [6, 6.07) is 17.0. The molecule has 104 valence electrons. The van der Waals surface area contributed by atoms with Gasteiger partial charge in [0.25, 0.3) is 0 Å². The van der Waals surface area contributed by atoms with Crippen LogP contribution in [-0.2, 0) is 6.54 Å². The third kappa shape index (κ3) is 2.63. The van der Waals surface area contributed by atoms with Crippen molar-refractivity contribution in [1.29, 1.82) is 0 Å². The van der Waals surface area contributed by atoms with Crippen molar-refractivity contribution in [2.45, 2.75) is 19.0 Å². The molecule has 20 heavy (non-hydrogen) atoms. The average molecular weight is 268 g/mol. The summed E-state index contributed by atoms with van der Waals surface area (Å²) in [4.78, 5) is 0. The Morgan fingerprint density at radius 3 is 2.80 bits per heavy atom. The van der Waals surface area contributed by atoms with Gasteiger partial charge >= 0.3 is 0 Å². The van der Waals surface area contributed by atoms with Gasteiger partial charge in [0, 0.05) is 6.54 Å². The van der Waals surface area contributed by atoms with Crippen LogP contribution in [0.1, 0.15) is 23.6 Å². The molecule has 0 aromatic heterocycles. The second kappa shape index (κ2) is 5.97. The van der Waals surface area contributed by atoms with Gasteiger partial charge in [-0.25, -0.2) is 0 Å². The lowest BCUT2D eigenvalue weighted by Gasteiger charge is -2.21. The molecule has 0 spiro atoms. The van der Waals surface area contributed by atoms with Crippen LogP contribution < -0.4 is 15.4 Å². The van der Waals surface area contributed by atoms with Crippen molar-refractivity contribution in [3.8, 4) is 5.75 Å². The molecule has 0 saturated carbocycles. The minimum Gasteiger partial charge on any atom is -0.495 e. The lowest BCUT2D eigenvalue weighted by Crippen LogP contribution is -2.15. The van der Waals surface area contributed by atoms with Crippen LogP contribution in [0.5, 0.6) is 5.75 Å². The van der Waals surface area contributed by atoms with E-state index in [1.165, 1.54) is 11.1 Å². The number of para-hydroxylation sites is 2. The SMILES string of the molecule is COc1ccccc1NC1CCNCc2ccccc21. The number of nitrogens with one attached hydrogen (secondary N) is 2. The van der Waals surface area contributed by atoms with Crippen LogP contribution in [0.2, 0.25) is 0 Å². The first-order chi connectivity index (χ1) is 9.88. The summed E-state index contributed by atoms with van der Waals surface area (Å²) in [7, 11) is 1.71. The minimum atomic E-state index is 0.317. The first-order valence-electron chi connectivity index (χ1n) is 7.06. The molecule has 2 aromatic rings. The maximum Gasteiger partial charge on any atom is 0.141 e. The van der Waals surface area contributed by atoms with Crippen molar-refractivity contribution < 1.29 is 4.74 Å². The molecule has 0 aliphatic carbocycles. The van der Waals surface area contributed by atoms with E-state index in [0.29, 0.717) is 6.04 Å². The summed E-state index contributed by atoms with van der Waals surface area (Å²) < 4.78 is 5.43. The molecule has 2 N–H and O–H groups in total. The summed E-state index contributed by atoms with van der Waals surface area (Å²) >= 11 is 0. The molecule has 0 saturated heterocycles. The average Bonchev–Trinajstić information content (AvgIpc) is 2.71. The molecule has 1 unspecified atom stereocenters.